The monoisotopic (exact) mass is 256 g/mol. The van der Waals surface area contributed by atoms with Crippen molar-refractivity contribution in [3.63, 3.8) is 0 Å². The third-order valence-corrected chi connectivity index (χ3v) is 5.10. The maximum atomic E-state index is 6.32. The van der Waals surface area contributed by atoms with Crippen LogP contribution in [-0.4, -0.2) is 44.3 Å². The van der Waals surface area contributed by atoms with Gasteiger partial charge in [0.15, 0.2) is 0 Å². The van der Waals surface area contributed by atoms with Gasteiger partial charge in [-0.25, -0.2) is 0 Å². The number of likely N-dealkylation sites (N-methyl/N-ethyl adjacent to an activating group) is 1. The molecule has 3 heteroatoms. The Kier molecular flexibility index (Phi) is 6.09. The minimum Gasteiger partial charge on any atom is -0.383 e. The van der Waals surface area contributed by atoms with Gasteiger partial charge in [0.25, 0.3) is 0 Å². The van der Waals surface area contributed by atoms with Gasteiger partial charge in [0.1, 0.15) is 0 Å². The molecule has 1 saturated carbocycles. The zero-order valence-corrected chi connectivity index (χ0v) is 12.9. The Bertz CT molecular complexity index is 243. The van der Waals surface area contributed by atoms with Gasteiger partial charge in [-0.1, -0.05) is 27.2 Å². The standard InChI is InChI=1S/C15H32N2O/c1-6-15(2,3)12-7-8-13(16)14(11-12)17(4)9-10-18-5/h12-14H,6-11,16H2,1-5H3. The molecule has 2 N–H and O–H groups in total. The molecule has 3 nitrogen and oxygen atoms in total. The summed E-state index contributed by atoms with van der Waals surface area (Å²) in [6.45, 7) is 8.88. The van der Waals surface area contributed by atoms with E-state index >= 15 is 0 Å². The van der Waals surface area contributed by atoms with Crippen molar-refractivity contribution < 1.29 is 4.74 Å². The van der Waals surface area contributed by atoms with Crippen LogP contribution in [-0.2, 0) is 4.74 Å². The van der Waals surface area contributed by atoms with Gasteiger partial charge in [-0.3, -0.25) is 4.90 Å². The van der Waals surface area contributed by atoms with E-state index in [-0.39, 0.29) is 0 Å². The van der Waals surface area contributed by atoms with Crippen molar-refractivity contribution in [2.45, 2.75) is 58.5 Å². The number of nitrogens with two attached hydrogens (primary N) is 1. The molecule has 0 spiro atoms. The van der Waals surface area contributed by atoms with Crippen molar-refractivity contribution in [3.8, 4) is 0 Å². The molecule has 3 atom stereocenters. The highest BCUT2D eigenvalue weighted by molar-refractivity contribution is 4.92. The summed E-state index contributed by atoms with van der Waals surface area (Å²) >= 11 is 0. The second-order valence-corrected chi connectivity index (χ2v) is 6.56. The summed E-state index contributed by atoms with van der Waals surface area (Å²) < 4.78 is 5.17. The van der Waals surface area contributed by atoms with E-state index in [0.29, 0.717) is 17.5 Å². The Balaban J connectivity index is 2.61. The SMILES string of the molecule is CCC(C)(C)C1CCC(N)C(N(C)CCOC)C1. The zero-order valence-electron chi connectivity index (χ0n) is 12.9. The molecule has 1 rings (SSSR count). The molecule has 0 aromatic heterocycles. The van der Waals surface area contributed by atoms with Crippen LogP contribution in [0.4, 0.5) is 0 Å². The molecule has 1 fully saturated rings. The maximum absolute atomic E-state index is 6.32. The molecule has 1 aliphatic rings. The van der Waals surface area contributed by atoms with Gasteiger partial charge in [-0.05, 0) is 37.6 Å². The van der Waals surface area contributed by atoms with E-state index in [2.05, 4.69) is 32.7 Å². The predicted molar refractivity (Wildman–Crippen MR) is 77.7 cm³/mol. The summed E-state index contributed by atoms with van der Waals surface area (Å²) in [6, 6.07) is 0.848. The zero-order chi connectivity index (χ0) is 13.8. The minimum atomic E-state index is 0.329. The lowest BCUT2D eigenvalue weighted by molar-refractivity contribution is 0.0586. The van der Waals surface area contributed by atoms with Crippen LogP contribution in [0, 0.1) is 11.3 Å². The number of methoxy groups -OCH3 is 1. The Morgan fingerprint density at radius 3 is 2.56 bits per heavy atom. The highest BCUT2D eigenvalue weighted by Crippen LogP contribution is 2.41. The number of ether oxygens (including phenoxy) is 1. The molecule has 108 valence electrons. The Morgan fingerprint density at radius 2 is 2.00 bits per heavy atom. The third-order valence-electron chi connectivity index (χ3n) is 5.10. The largest absolute Gasteiger partial charge is 0.383 e. The summed E-state index contributed by atoms with van der Waals surface area (Å²) in [6.07, 6.45) is 4.94. The van der Waals surface area contributed by atoms with Gasteiger partial charge >= 0.3 is 0 Å². The van der Waals surface area contributed by atoms with Crippen molar-refractivity contribution in [3.05, 3.63) is 0 Å². The van der Waals surface area contributed by atoms with E-state index < -0.39 is 0 Å². The molecular weight excluding hydrogens is 224 g/mol. The van der Waals surface area contributed by atoms with Crippen molar-refractivity contribution in [1.82, 2.24) is 4.90 Å². The quantitative estimate of drug-likeness (QED) is 0.793. The van der Waals surface area contributed by atoms with E-state index in [1.54, 1.807) is 7.11 Å². The van der Waals surface area contributed by atoms with Gasteiger partial charge < -0.3 is 10.5 Å². The Hall–Kier alpha value is -0.120. The van der Waals surface area contributed by atoms with Crippen LogP contribution in [0.15, 0.2) is 0 Å². The molecule has 0 radical (unpaired) electrons. The fourth-order valence-electron chi connectivity index (χ4n) is 3.08. The molecule has 0 aromatic rings. The molecule has 0 aromatic carbocycles. The first kappa shape index (κ1) is 15.9. The predicted octanol–water partition coefficient (Wildman–Crippen LogP) is 2.50. The van der Waals surface area contributed by atoms with Gasteiger partial charge in [-0.2, -0.15) is 0 Å². The van der Waals surface area contributed by atoms with Crippen LogP contribution in [0.3, 0.4) is 0 Å². The van der Waals surface area contributed by atoms with Crippen molar-refractivity contribution in [1.29, 1.82) is 0 Å². The third kappa shape index (κ3) is 3.94. The van der Waals surface area contributed by atoms with Crippen molar-refractivity contribution >= 4 is 0 Å². The van der Waals surface area contributed by atoms with Gasteiger partial charge in [-0.15, -0.1) is 0 Å². The van der Waals surface area contributed by atoms with Crippen LogP contribution < -0.4 is 5.73 Å². The average molecular weight is 256 g/mol. The first-order valence-electron chi connectivity index (χ1n) is 7.37. The van der Waals surface area contributed by atoms with E-state index in [4.69, 9.17) is 10.5 Å². The summed E-state index contributed by atoms with van der Waals surface area (Å²) in [4.78, 5) is 2.39. The molecule has 1 aliphatic carbocycles. The first-order valence-corrected chi connectivity index (χ1v) is 7.37. The second kappa shape index (κ2) is 6.88. The lowest BCUT2D eigenvalue weighted by atomic mass is 9.67. The average Bonchev–Trinajstić information content (AvgIpc) is 2.36. The van der Waals surface area contributed by atoms with Gasteiger partial charge in [0, 0.05) is 25.7 Å². The second-order valence-electron chi connectivity index (χ2n) is 6.56. The smallest absolute Gasteiger partial charge is 0.0589 e. The van der Waals surface area contributed by atoms with E-state index in [1.807, 2.05) is 0 Å². The molecule has 3 unspecified atom stereocenters. The minimum absolute atomic E-state index is 0.329. The van der Waals surface area contributed by atoms with Crippen LogP contribution in [0.25, 0.3) is 0 Å². The maximum Gasteiger partial charge on any atom is 0.0589 e. The fourth-order valence-corrected chi connectivity index (χ4v) is 3.08. The molecule has 18 heavy (non-hydrogen) atoms. The summed E-state index contributed by atoms with van der Waals surface area (Å²) in [7, 11) is 3.95. The van der Waals surface area contributed by atoms with Crippen LogP contribution in [0.2, 0.25) is 0 Å². The molecule has 0 heterocycles. The summed E-state index contributed by atoms with van der Waals surface area (Å²) in [5.74, 6) is 0.803. The van der Waals surface area contributed by atoms with Crippen LogP contribution >= 0.6 is 0 Å². The lowest BCUT2D eigenvalue weighted by Gasteiger charge is -2.45. The Morgan fingerprint density at radius 1 is 1.33 bits per heavy atom. The van der Waals surface area contributed by atoms with E-state index in [1.165, 1.54) is 19.3 Å². The summed E-state index contributed by atoms with van der Waals surface area (Å²) in [5, 5.41) is 0. The fraction of sp³-hybridized carbons (Fsp3) is 1.00. The molecule has 0 aliphatic heterocycles. The first-order chi connectivity index (χ1) is 8.42. The highest BCUT2D eigenvalue weighted by Gasteiger charge is 2.37. The van der Waals surface area contributed by atoms with Crippen molar-refractivity contribution in [2.24, 2.45) is 17.1 Å². The number of hydrogen-bond acceptors (Lipinski definition) is 3. The molecule has 0 bridgehead atoms. The van der Waals surface area contributed by atoms with Gasteiger partial charge in [0.05, 0.1) is 6.61 Å². The lowest BCUT2D eigenvalue weighted by Crippen LogP contribution is -2.52. The number of rotatable bonds is 6. The Labute approximate surface area is 113 Å². The van der Waals surface area contributed by atoms with Crippen LogP contribution in [0.5, 0.6) is 0 Å². The number of nitrogens with zero attached hydrogens (tertiary/aromatic N) is 1. The van der Waals surface area contributed by atoms with E-state index in [0.717, 1.165) is 25.5 Å². The topological polar surface area (TPSA) is 38.5 Å². The highest BCUT2D eigenvalue weighted by atomic mass is 16.5. The van der Waals surface area contributed by atoms with Crippen molar-refractivity contribution in [2.75, 3.05) is 27.3 Å². The van der Waals surface area contributed by atoms with Gasteiger partial charge in [0.2, 0.25) is 0 Å². The van der Waals surface area contributed by atoms with E-state index in [9.17, 15) is 0 Å². The van der Waals surface area contributed by atoms with Crippen LogP contribution in [0.1, 0.15) is 46.5 Å². The normalized spacial score (nSPS) is 29.8. The molecule has 0 saturated heterocycles. The number of hydrogen-bond donors (Lipinski definition) is 1. The molecule has 0 amide bonds. The molecular formula is C15H32N2O. The summed E-state index contributed by atoms with van der Waals surface area (Å²) in [5.41, 5.74) is 6.76.